The van der Waals surface area contributed by atoms with E-state index in [9.17, 15) is 4.79 Å². The van der Waals surface area contributed by atoms with Crippen LogP contribution < -0.4 is 10.6 Å². The number of hydrogen-bond acceptors (Lipinski definition) is 5. The third-order valence-corrected chi connectivity index (χ3v) is 3.75. The number of amides is 2. The summed E-state index contributed by atoms with van der Waals surface area (Å²) in [6, 6.07) is 3.41. The standard InChI is InChI=1S/C13H17N5OS/c1-13(2,3)10-17-18-12(20-10)16-11(19)15-8-9-4-6-14-7-5-9/h4-7H,8H2,1-3H3,(H2,15,16,18,19). The van der Waals surface area contributed by atoms with Gasteiger partial charge in [-0.3, -0.25) is 10.3 Å². The molecule has 2 aromatic rings. The van der Waals surface area contributed by atoms with Crippen molar-refractivity contribution in [2.45, 2.75) is 32.7 Å². The summed E-state index contributed by atoms with van der Waals surface area (Å²) in [5, 5.41) is 14.9. The second-order valence-electron chi connectivity index (χ2n) is 5.33. The van der Waals surface area contributed by atoms with Crippen molar-refractivity contribution in [3.63, 3.8) is 0 Å². The van der Waals surface area contributed by atoms with Crippen molar-refractivity contribution < 1.29 is 4.79 Å². The summed E-state index contributed by atoms with van der Waals surface area (Å²) in [5.41, 5.74) is 0.924. The first-order chi connectivity index (χ1) is 9.45. The average Bonchev–Trinajstić information content (AvgIpc) is 2.86. The molecular formula is C13H17N5OS. The fourth-order valence-electron chi connectivity index (χ4n) is 1.40. The van der Waals surface area contributed by atoms with Gasteiger partial charge in [0.05, 0.1) is 0 Å². The number of carbonyl (C=O) groups is 1. The molecular weight excluding hydrogens is 274 g/mol. The van der Waals surface area contributed by atoms with E-state index in [2.05, 4.69) is 46.6 Å². The Kier molecular flexibility index (Phi) is 4.29. The van der Waals surface area contributed by atoms with Crippen LogP contribution in [-0.2, 0) is 12.0 Å². The zero-order valence-electron chi connectivity index (χ0n) is 11.7. The molecule has 0 atom stereocenters. The maximum Gasteiger partial charge on any atom is 0.321 e. The molecule has 0 radical (unpaired) electrons. The van der Waals surface area contributed by atoms with Gasteiger partial charge in [-0.1, -0.05) is 32.1 Å². The van der Waals surface area contributed by atoms with Gasteiger partial charge in [-0.25, -0.2) is 4.79 Å². The molecule has 0 bridgehead atoms. The Morgan fingerprint density at radius 1 is 1.25 bits per heavy atom. The fraction of sp³-hybridized carbons (Fsp3) is 0.385. The molecule has 2 heterocycles. The largest absolute Gasteiger partial charge is 0.334 e. The van der Waals surface area contributed by atoms with E-state index in [0.717, 1.165) is 10.6 Å². The van der Waals surface area contributed by atoms with Gasteiger partial charge in [-0.05, 0) is 17.7 Å². The molecule has 0 unspecified atom stereocenters. The summed E-state index contributed by atoms with van der Waals surface area (Å²) in [4.78, 5) is 15.7. The quantitative estimate of drug-likeness (QED) is 0.910. The second kappa shape index (κ2) is 5.96. The molecule has 7 heteroatoms. The maximum atomic E-state index is 11.7. The monoisotopic (exact) mass is 291 g/mol. The van der Waals surface area contributed by atoms with Gasteiger partial charge in [0.1, 0.15) is 5.01 Å². The van der Waals surface area contributed by atoms with Gasteiger partial charge >= 0.3 is 6.03 Å². The fourth-order valence-corrected chi connectivity index (χ4v) is 2.20. The smallest absolute Gasteiger partial charge is 0.321 e. The first-order valence-corrected chi connectivity index (χ1v) is 7.04. The van der Waals surface area contributed by atoms with Crippen molar-refractivity contribution >= 4 is 22.5 Å². The molecule has 2 rings (SSSR count). The van der Waals surface area contributed by atoms with E-state index in [1.165, 1.54) is 11.3 Å². The molecule has 20 heavy (non-hydrogen) atoms. The molecule has 6 nitrogen and oxygen atoms in total. The van der Waals surface area contributed by atoms with Crippen LogP contribution in [0.5, 0.6) is 0 Å². The third-order valence-electron chi connectivity index (χ3n) is 2.49. The predicted octanol–water partition coefficient (Wildman–Crippen LogP) is 2.55. The zero-order chi connectivity index (χ0) is 14.6. The lowest BCUT2D eigenvalue weighted by Gasteiger charge is -2.12. The number of nitrogens with one attached hydrogen (secondary N) is 2. The predicted molar refractivity (Wildman–Crippen MR) is 78.7 cm³/mol. The number of carbonyl (C=O) groups excluding carboxylic acids is 1. The van der Waals surface area contributed by atoms with Gasteiger partial charge in [0, 0.05) is 24.4 Å². The van der Waals surface area contributed by atoms with Crippen molar-refractivity contribution in [2.75, 3.05) is 5.32 Å². The molecule has 0 saturated carbocycles. The lowest BCUT2D eigenvalue weighted by atomic mass is 9.98. The highest BCUT2D eigenvalue weighted by Crippen LogP contribution is 2.27. The normalized spacial score (nSPS) is 11.2. The van der Waals surface area contributed by atoms with Crippen LogP contribution in [0, 0.1) is 0 Å². The van der Waals surface area contributed by atoms with Crippen molar-refractivity contribution in [3.05, 3.63) is 35.1 Å². The lowest BCUT2D eigenvalue weighted by Crippen LogP contribution is -2.28. The Morgan fingerprint density at radius 3 is 2.55 bits per heavy atom. The van der Waals surface area contributed by atoms with E-state index in [1.807, 2.05) is 12.1 Å². The van der Waals surface area contributed by atoms with Gasteiger partial charge in [0.15, 0.2) is 0 Å². The van der Waals surface area contributed by atoms with E-state index in [1.54, 1.807) is 12.4 Å². The Morgan fingerprint density at radius 2 is 1.95 bits per heavy atom. The number of urea groups is 1. The minimum absolute atomic E-state index is 0.0644. The van der Waals surface area contributed by atoms with E-state index in [4.69, 9.17) is 0 Å². The molecule has 0 aliphatic heterocycles. The van der Waals surface area contributed by atoms with Crippen LogP contribution >= 0.6 is 11.3 Å². The third kappa shape index (κ3) is 3.99. The average molecular weight is 291 g/mol. The Balaban J connectivity index is 1.87. The molecule has 0 aliphatic carbocycles. The molecule has 2 amide bonds. The van der Waals surface area contributed by atoms with Crippen LogP contribution in [0.25, 0.3) is 0 Å². The van der Waals surface area contributed by atoms with E-state index < -0.39 is 0 Å². The summed E-state index contributed by atoms with van der Waals surface area (Å²) < 4.78 is 0. The Hall–Kier alpha value is -2.02. The Labute approximate surface area is 121 Å². The zero-order valence-corrected chi connectivity index (χ0v) is 12.5. The number of pyridine rings is 1. The topological polar surface area (TPSA) is 79.8 Å². The van der Waals surface area contributed by atoms with Gasteiger partial charge < -0.3 is 5.32 Å². The molecule has 0 fully saturated rings. The van der Waals surface area contributed by atoms with Crippen LogP contribution in [0.3, 0.4) is 0 Å². The molecule has 2 N–H and O–H groups in total. The highest BCUT2D eigenvalue weighted by molar-refractivity contribution is 7.15. The number of rotatable bonds is 3. The molecule has 0 aliphatic rings. The first kappa shape index (κ1) is 14.4. The molecule has 0 aromatic carbocycles. The summed E-state index contributed by atoms with van der Waals surface area (Å²) in [5.74, 6) is 0. The van der Waals surface area contributed by atoms with Crippen molar-refractivity contribution in [2.24, 2.45) is 0 Å². The van der Waals surface area contributed by atoms with Gasteiger partial charge in [0.25, 0.3) is 0 Å². The summed E-state index contributed by atoms with van der Waals surface area (Å²) in [7, 11) is 0. The maximum absolute atomic E-state index is 11.7. The van der Waals surface area contributed by atoms with Crippen molar-refractivity contribution in [3.8, 4) is 0 Å². The molecule has 0 spiro atoms. The highest BCUT2D eigenvalue weighted by Gasteiger charge is 2.19. The number of nitrogens with zero attached hydrogens (tertiary/aromatic N) is 3. The number of aromatic nitrogens is 3. The summed E-state index contributed by atoms with van der Waals surface area (Å²) in [6.45, 7) is 6.61. The van der Waals surface area contributed by atoms with E-state index in [0.29, 0.717) is 11.7 Å². The minimum atomic E-state index is -0.293. The van der Waals surface area contributed by atoms with Crippen molar-refractivity contribution in [1.29, 1.82) is 0 Å². The van der Waals surface area contributed by atoms with Crippen LogP contribution in [0.1, 0.15) is 31.3 Å². The summed E-state index contributed by atoms with van der Waals surface area (Å²) in [6.07, 6.45) is 3.38. The van der Waals surface area contributed by atoms with Crippen LogP contribution in [0.15, 0.2) is 24.5 Å². The van der Waals surface area contributed by atoms with Crippen LogP contribution in [-0.4, -0.2) is 21.2 Å². The molecule has 2 aromatic heterocycles. The minimum Gasteiger partial charge on any atom is -0.334 e. The van der Waals surface area contributed by atoms with Crippen LogP contribution in [0.2, 0.25) is 0 Å². The first-order valence-electron chi connectivity index (χ1n) is 6.23. The molecule has 106 valence electrons. The lowest BCUT2D eigenvalue weighted by molar-refractivity contribution is 0.251. The van der Waals surface area contributed by atoms with E-state index in [-0.39, 0.29) is 11.4 Å². The number of anilines is 1. The molecule has 0 saturated heterocycles. The SMILES string of the molecule is CC(C)(C)c1nnc(NC(=O)NCc2ccncc2)s1. The summed E-state index contributed by atoms with van der Waals surface area (Å²) >= 11 is 1.39. The second-order valence-corrected chi connectivity index (χ2v) is 6.30. The van der Waals surface area contributed by atoms with Crippen LogP contribution in [0.4, 0.5) is 9.93 Å². The Bertz CT molecular complexity index is 576. The number of hydrogen-bond donors (Lipinski definition) is 2. The highest BCUT2D eigenvalue weighted by atomic mass is 32.1. The van der Waals surface area contributed by atoms with Gasteiger partial charge in [-0.2, -0.15) is 0 Å². The van der Waals surface area contributed by atoms with E-state index >= 15 is 0 Å². The van der Waals surface area contributed by atoms with Gasteiger partial charge in [0.2, 0.25) is 5.13 Å². The van der Waals surface area contributed by atoms with Crippen molar-refractivity contribution in [1.82, 2.24) is 20.5 Å². The van der Waals surface area contributed by atoms with Gasteiger partial charge in [-0.15, -0.1) is 10.2 Å².